The molecule has 5 nitrogen and oxygen atoms in total. The van der Waals surface area contributed by atoms with Gasteiger partial charge in [0, 0.05) is 6.44 Å². The molecule has 14 heavy (non-hydrogen) atoms. The molecule has 1 aromatic heterocycles. The lowest BCUT2D eigenvalue weighted by molar-refractivity contribution is -0.390. The SMILES string of the molecule is Cc1cn(C[B-](F)(F)F)nc1[N+](=O)[O-]. The van der Waals surface area contributed by atoms with E-state index in [2.05, 4.69) is 5.10 Å². The van der Waals surface area contributed by atoms with Gasteiger partial charge in [-0.2, -0.15) is 0 Å². The molecule has 0 saturated heterocycles. The van der Waals surface area contributed by atoms with Gasteiger partial charge in [0.1, 0.15) is 0 Å². The van der Waals surface area contributed by atoms with Crippen molar-refractivity contribution in [2.75, 3.05) is 0 Å². The van der Waals surface area contributed by atoms with Crippen LogP contribution >= 0.6 is 0 Å². The van der Waals surface area contributed by atoms with Crippen LogP contribution in [-0.2, 0) is 6.44 Å². The van der Waals surface area contributed by atoms with Crippen LogP contribution in [0.1, 0.15) is 5.56 Å². The van der Waals surface area contributed by atoms with E-state index < -0.39 is 24.2 Å². The Bertz CT molecular complexity index is 362. The fourth-order valence-electron chi connectivity index (χ4n) is 0.997. The van der Waals surface area contributed by atoms with Crippen molar-refractivity contribution in [2.45, 2.75) is 13.4 Å². The Morgan fingerprint density at radius 2 is 2.21 bits per heavy atom. The van der Waals surface area contributed by atoms with Crippen molar-refractivity contribution in [3.63, 3.8) is 0 Å². The molecule has 0 bridgehead atoms. The number of halogens is 3. The lowest BCUT2D eigenvalue weighted by Crippen LogP contribution is -2.24. The molecule has 0 saturated carbocycles. The number of hydrogen-bond donors (Lipinski definition) is 0. The molecule has 0 aliphatic rings. The lowest BCUT2D eigenvalue weighted by Gasteiger charge is -2.10. The van der Waals surface area contributed by atoms with Gasteiger partial charge in [0.15, 0.2) is 0 Å². The van der Waals surface area contributed by atoms with Crippen molar-refractivity contribution in [1.82, 2.24) is 9.78 Å². The summed E-state index contributed by atoms with van der Waals surface area (Å²) in [7, 11) is 0. The average Bonchev–Trinajstić information content (AvgIpc) is 2.26. The molecule has 0 aliphatic carbocycles. The Balaban J connectivity index is 2.92. The Hall–Kier alpha value is -1.54. The fourth-order valence-corrected chi connectivity index (χ4v) is 0.997. The monoisotopic (exact) mass is 208 g/mol. The number of aromatic nitrogens is 2. The van der Waals surface area contributed by atoms with Crippen LogP contribution in [0.3, 0.4) is 0 Å². The molecule has 1 rings (SSSR count). The zero-order chi connectivity index (χ0) is 10.9. The molecule has 0 aliphatic heterocycles. The molecule has 0 N–H and O–H groups in total. The smallest absolute Gasteiger partial charge is 0.448 e. The first kappa shape index (κ1) is 10.5. The van der Waals surface area contributed by atoms with Crippen molar-refractivity contribution >= 4 is 12.8 Å². The van der Waals surface area contributed by atoms with Crippen molar-refractivity contribution in [3.05, 3.63) is 21.9 Å². The van der Waals surface area contributed by atoms with Crippen LogP contribution in [0.5, 0.6) is 0 Å². The number of rotatable bonds is 3. The van der Waals surface area contributed by atoms with E-state index in [-0.39, 0.29) is 5.56 Å². The zero-order valence-corrected chi connectivity index (χ0v) is 7.15. The van der Waals surface area contributed by atoms with Gasteiger partial charge in [-0.25, -0.2) is 4.68 Å². The van der Waals surface area contributed by atoms with Gasteiger partial charge in [-0.1, -0.05) is 0 Å². The molecule has 0 spiro atoms. The minimum absolute atomic E-state index is 0.120. The molecule has 78 valence electrons. The first-order chi connectivity index (χ1) is 6.29. The second kappa shape index (κ2) is 3.31. The summed E-state index contributed by atoms with van der Waals surface area (Å²) in [4.78, 5) is 9.44. The van der Waals surface area contributed by atoms with Gasteiger partial charge in [-0.05, 0) is 11.8 Å². The fraction of sp³-hybridized carbons (Fsp3) is 0.400. The Morgan fingerprint density at radius 3 is 2.57 bits per heavy atom. The Labute approximate surface area is 76.7 Å². The molecule has 0 fully saturated rings. The second-order valence-electron chi connectivity index (χ2n) is 2.83. The van der Waals surface area contributed by atoms with Gasteiger partial charge >= 0.3 is 12.8 Å². The van der Waals surface area contributed by atoms with E-state index in [1.54, 1.807) is 0 Å². The summed E-state index contributed by atoms with van der Waals surface area (Å²) in [5.41, 5.74) is 0.120. The summed E-state index contributed by atoms with van der Waals surface area (Å²) in [6, 6.07) is 0. The number of hydrogen-bond acceptors (Lipinski definition) is 3. The summed E-state index contributed by atoms with van der Waals surface area (Å²) in [5, 5.41) is 13.5. The largest absolute Gasteiger partial charge is 0.501 e. The van der Waals surface area contributed by atoms with Crippen LogP contribution in [-0.4, -0.2) is 21.7 Å². The van der Waals surface area contributed by atoms with Gasteiger partial charge in [-0.15, -0.1) is 0 Å². The maximum absolute atomic E-state index is 11.9. The lowest BCUT2D eigenvalue weighted by atomic mass is 9.93. The van der Waals surface area contributed by atoms with Gasteiger partial charge in [0.2, 0.25) is 0 Å². The molecular formula is C5H6BF3N3O2-. The van der Waals surface area contributed by atoms with Gasteiger partial charge < -0.3 is 23.1 Å². The first-order valence-electron chi connectivity index (χ1n) is 3.69. The molecule has 0 aromatic carbocycles. The topological polar surface area (TPSA) is 61.0 Å². The van der Waals surface area contributed by atoms with E-state index >= 15 is 0 Å². The Kier molecular flexibility index (Phi) is 2.50. The van der Waals surface area contributed by atoms with Crippen molar-refractivity contribution in [3.8, 4) is 0 Å². The minimum atomic E-state index is -5.03. The second-order valence-corrected chi connectivity index (χ2v) is 2.83. The minimum Gasteiger partial charge on any atom is -0.448 e. The summed E-state index contributed by atoms with van der Waals surface area (Å²) >= 11 is 0. The van der Waals surface area contributed by atoms with Crippen LogP contribution in [0.4, 0.5) is 18.8 Å². The quantitative estimate of drug-likeness (QED) is 0.429. The average molecular weight is 208 g/mol. The van der Waals surface area contributed by atoms with Crippen molar-refractivity contribution in [1.29, 1.82) is 0 Å². The van der Waals surface area contributed by atoms with Gasteiger partial charge in [-0.3, -0.25) is 0 Å². The maximum Gasteiger partial charge on any atom is 0.501 e. The van der Waals surface area contributed by atoms with Gasteiger partial charge in [0.05, 0.1) is 16.9 Å². The normalized spacial score (nSPS) is 11.7. The van der Waals surface area contributed by atoms with E-state index in [0.29, 0.717) is 4.68 Å². The highest BCUT2D eigenvalue weighted by Crippen LogP contribution is 2.17. The van der Waals surface area contributed by atoms with Crippen molar-refractivity contribution < 1.29 is 17.9 Å². The molecule has 1 heterocycles. The predicted octanol–water partition coefficient (Wildman–Crippen LogP) is 1.49. The van der Waals surface area contributed by atoms with E-state index in [4.69, 9.17) is 0 Å². The summed E-state index contributed by atoms with van der Waals surface area (Å²) in [6.07, 6.45) is -0.248. The number of aryl methyl sites for hydroxylation is 1. The van der Waals surface area contributed by atoms with E-state index in [9.17, 15) is 23.1 Å². The van der Waals surface area contributed by atoms with Crippen LogP contribution in [0.25, 0.3) is 0 Å². The van der Waals surface area contributed by atoms with E-state index in [0.717, 1.165) is 6.20 Å². The molecular weight excluding hydrogens is 202 g/mol. The third kappa shape index (κ3) is 2.47. The van der Waals surface area contributed by atoms with Gasteiger partial charge in [0.25, 0.3) is 0 Å². The highest BCUT2D eigenvalue weighted by molar-refractivity contribution is 6.57. The third-order valence-electron chi connectivity index (χ3n) is 1.49. The summed E-state index contributed by atoms with van der Waals surface area (Å²) < 4.78 is 36.3. The first-order valence-corrected chi connectivity index (χ1v) is 3.69. The summed E-state index contributed by atoms with van der Waals surface area (Å²) in [5.74, 6) is -0.537. The highest BCUT2D eigenvalue weighted by atomic mass is 19.4. The molecule has 0 radical (unpaired) electrons. The van der Waals surface area contributed by atoms with Crippen LogP contribution in [0.15, 0.2) is 6.20 Å². The van der Waals surface area contributed by atoms with Crippen molar-refractivity contribution in [2.24, 2.45) is 0 Å². The molecule has 0 unspecified atom stereocenters. The Morgan fingerprint density at radius 1 is 1.64 bits per heavy atom. The highest BCUT2D eigenvalue weighted by Gasteiger charge is 2.27. The van der Waals surface area contributed by atoms with Crippen LogP contribution < -0.4 is 0 Å². The third-order valence-corrected chi connectivity index (χ3v) is 1.49. The molecule has 9 heteroatoms. The maximum atomic E-state index is 11.9. The molecule has 0 atom stereocenters. The summed E-state index contributed by atoms with van der Waals surface area (Å²) in [6.45, 7) is -3.69. The standard InChI is InChI=1S/C5H6BF3N3O2/c1-4-2-11(3-6(7,8)9)10-5(4)12(13)14/h2H,3H2,1H3/q-1. The molecule has 1 aromatic rings. The zero-order valence-electron chi connectivity index (χ0n) is 7.15. The van der Waals surface area contributed by atoms with E-state index in [1.807, 2.05) is 0 Å². The van der Waals surface area contributed by atoms with Crippen LogP contribution in [0, 0.1) is 17.0 Å². The molecule has 0 amide bonds. The van der Waals surface area contributed by atoms with Crippen LogP contribution in [0.2, 0.25) is 0 Å². The number of nitrogens with zero attached hydrogens (tertiary/aromatic N) is 3. The van der Waals surface area contributed by atoms with E-state index in [1.165, 1.54) is 6.92 Å². The predicted molar refractivity (Wildman–Crippen MR) is 42.7 cm³/mol. The number of nitro groups is 1.